The molecule has 0 bridgehead atoms. The maximum absolute atomic E-state index is 12.6. The quantitative estimate of drug-likeness (QED) is 0.851. The monoisotopic (exact) mass is 220 g/mol. The summed E-state index contributed by atoms with van der Waals surface area (Å²) in [6.07, 6.45) is 0.427. The summed E-state index contributed by atoms with van der Waals surface area (Å²) in [4.78, 5) is 11.8. The first kappa shape index (κ1) is 12.2. The fourth-order valence-corrected chi connectivity index (χ4v) is 1.09. The van der Waals surface area contributed by atoms with Crippen LogP contribution in [0.25, 0.3) is 0 Å². The molecular weight excluding hydrogens is 207 g/mol. The van der Waals surface area contributed by atoms with Gasteiger partial charge >= 0.3 is 0 Å². The van der Waals surface area contributed by atoms with Crippen LogP contribution in [-0.2, 0) is 4.79 Å². The van der Waals surface area contributed by atoms with Crippen LogP contribution in [0.1, 0.15) is 20.3 Å². The minimum atomic E-state index is -1.05. The third kappa shape index (κ3) is 2.57. The first-order chi connectivity index (χ1) is 7.51. The van der Waals surface area contributed by atoms with Crippen molar-refractivity contribution < 1.29 is 9.18 Å². The van der Waals surface area contributed by atoms with Gasteiger partial charge in [-0.2, -0.15) is 5.26 Å². The van der Waals surface area contributed by atoms with Crippen LogP contribution >= 0.6 is 0 Å². The minimum absolute atomic E-state index is 0.364. The summed E-state index contributed by atoms with van der Waals surface area (Å²) in [5, 5.41) is 11.5. The second-order valence-corrected chi connectivity index (χ2v) is 3.76. The Morgan fingerprint density at radius 3 is 2.50 bits per heavy atom. The maximum atomic E-state index is 12.6. The Bertz CT molecular complexity index is 422. The topological polar surface area (TPSA) is 52.9 Å². The number of carbonyl (C=O) groups is 1. The van der Waals surface area contributed by atoms with Gasteiger partial charge in [-0.25, -0.2) is 4.39 Å². The van der Waals surface area contributed by atoms with E-state index < -0.39 is 5.41 Å². The van der Waals surface area contributed by atoms with E-state index in [1.165, 1.54) is 24.3 Å². The molecular formula is C12H13FN2O. The highest BCUT2D eigenvalue weighted by Gasteiger charge is 2.31. The van der Waals surface area contributed by atoms with Crippen LogP contribution in [0.5, 0.6) is 0 Å². The lowest BCUT2D eigenvalue weighted by atomic mass is 9.88. The van der Waals surface area contributed by atoms with Gasteiger partial charge in [0.15, 0.2) is 0 Å². The molecule has 0 unspecified atom stereocenters. The number of benzene rings is 1. The lowest BCUT2D eigenvalue weighted by Crippen LogP contribution is -2.31. The van der Waals surface area contributed by atoms with Gasteiger partial charge in [0.1, 0.15) is 11.2 Å². The van der Waals surface area contributed by atoms with Gasteiger partial charge < -0.3 is 5.32 Å². The molecule has 84 valence electrons. The molecule has 0 heterocycles. The average Bonchev–Trinajstić information content (AvgIpc) is 2.31. The van der Waals surface area contributed by atoms with Crippen molar-refractivity contribution in [1.82, 2.24) is 0 Å². The van der Waals surface area contributed by atoms with Gasteiger partial charge in [-0.05, 0) is 37.6 Å². The number of carbonyl (C=O) groups excluding carboxylic acids is 1. The summed E-state index contributed by atoms with van der Waals surface area (Å²) < 4.78 is 12.6. The predicted molar refractivity (Wildman–Crippen MR) is 59.0 cm³/mol. The Labute approximate surface area is 93.9 Å². The number of anilines is 1. The summed E-state index contributed by atoms with van der Waals surface area (Å²) in [7, 11) is 0. The second-order valence-electron chi connectivity index (χ2n) is 3.76. The fraction of sp³-hybridized carbons (Fsp3) is 0.333. The summed E-state index contributed by atoms with van der Waals surface area (Å²) in [6.45, 7) is 3.35. The number of halogens is 1. The van der Waals surface area contributed by atoms with E-state index in [4.69, 9.17) is 5.26 Å². The number of amides is 1. The molecule has 0 aliphatic heterocycles. The molecule has 4 heteroatoms. The highest BCUT2D eigenvalue weighted by Crippen LogP contribution is 2.22. The Morgan fingerprint density at radius 2 is 2.06 bits per heavy atom. The number of hydrogen-bond acceptors (Lipinski definition) is 2. The van der Waals surface area contributed by atoms with Crippen molar-refractivity contribution in [3.05, 3.63) is 30.1 Å². The van der Waals surface area contributed by atoms with E-state index in [2.05, 4.69) is 5.32 Å². The number of nitrogens with one attached hydrogen (secondary N) is 1. The molecule has 0 fully saturated rings. The Kier molecular flexibility index (Phi) is 3.62. The fourth-order valence-electron chi connectivity index (χ4n) is 1.09. The molecule has 0 saturated heterocycles. The van der Waals surface area contributed by atoms with Crippen LogP contribution in [0.15, 0.2) is 24.3 Å². The van der Waals surface area contributed by atoms with Crippen LogP contribution in [0.3, 0.4) is 0 Å². The van der Waals surface area contributed by atoms with E-state index in [1.807, 2.05) is 6.07 Å². The van der Waals surface area contributed by atoms with E-state index in [-0.39, 0.29) is 11.7 Å². The van der Waals surface area contributed by atoms with E-state index in [0.29, 0.717) is 12.1 Å². The minimum Gasteiger partial charge on any atom is -0.325 e. The number of nitriles is 1. The summed E-state index contributed by atoms with van der Waals surface area (Å²) in [5.74, 6) is -0.736. The molecule has 0 radical (unpaired) electrons. The van der Waals surface area contributed by atoms with Crippen molar-refractivity contribution in [3.8, 4) is 6.07 Å². The molecule has 16 heavy (non-hydrogen) atoms. The largest absolute Gasteiger partial charge is 0.325 e. The van der Waals surface area contributed by atoms with Crippen LogP contribution in [0.2, 0.25) is 0 Å². The molecule has 1 amide bonds. The summed E-state index contributed by atoms with van der Waals surface area (Å²) >= 11 is 0. The third-order valence-electron chi connectivity index (χ3n) is 2.56. The first-order valence-electron chi connectivity index (χ1n) is 5.00. The standard InChI is InChI=1S/C12H13FN2O/c1-3-12(2,8-14)11(16)15-10-6-4-9(13)5-7-10/h4-7H,3H2,1-2H3,(H,15,16)/t12-/m0/s1. The molecule has 3 nitrogen and oxygen atoms in total. The Balaban J connectivity index is 2.79. The normalized spacial score (nSPS) is 13.6. The maximum Gasteiger partial charge on any atom is 0.244 e. The van der Waals surface area contributed by atoms with E-state index >= 15 is 0 Å². The smallest absolute Gasteiger partial charge is 0.244 e. The third-order valence-corrected chi connectivity index (χ3v) is 2.56. The van der Waals surface area contributed by atoms with Crippen molar-refractivity contribution in [1.29, 1.82) is 5.26 Å². The van der Waals surface area contributed by atoms with Crippen LogP contribution in [-0.4, -0.2) is 5.91 Å². The lowest BCUT2D eigenvalue weighted by Gasteiger charge is -2.18. The van der Waals surface area contributed by atoms with Crippen molar-refractivity contribution in [2.45, 2.75) is 20.3 Å². The van der Waals surface area contributed by atoms with Crippen LogP contribution in [0.4, 0.5) is 10.1 Å². The van der Waals surface area contributed by atoms with E-state index in [0.717, 1.165) is 0 Å². The molecule has 1 aromatic rings. The number of rotatable bonds is 3. The first-order valence-corrected chi connectivity index (χ1v) is 5.00. The van der Waals surface area contributed by atoms with Gasteiger partial charge in [-0.1, -0.05) is 6.92 Å². The lowest BCUT2D eigenvalue weighted by molar-refractivity contribution is -0.122. The van der Waals surface area contributed by atoms with Crippen molar-refractivity contribution in [2.75, 3.05) is 5.32 Å². The van der Waals surface area contributed by atoms with E-state index in [1.54, 1.807) is 13.8 Å². The van der Waals surface area contributed by atoms with Gasteiger partial charge in [0, 0.05) is 5.69 Å². The van der Waals surface area contributed by atoms with Gasteiger partial charge in [0.25, 0.3) is 0 Å². The van der Waals surface area contributed by atoms with Crippen molar-refractivity contribution >= 4 is 11.6 Å². The van der Waals surface area contributed by atoms with Crippen LogP contribution in [0, 0.1) is 22.6 Å². The molecule has 1 rings (SSSR count). The zero-order valence-corrected chi connectivity index (χ0v) is 9.25. The average molecular weight is 220 g/mol. The highest BCUT2D eigenvalue weighted by atomic mass is 19.1. The molecule has 1 aromatic carbocycles. The SMILES string of the molecule is CC[C@@](C)(C#N)C(=O)Nc1ccc(F)cc1. The van der Waals surface area contributed by atoms with Gasteiger partial charge in [-0.15, -0.1) is 0 Å². The summed E-state index contributed by atoms with van der Waals surface area (Å²) in [6, 6.07) is 7.40. The number of hydrogen-bond donors (Lipinski definition) is 1. The zero-order chi connectivity index (χ0) is 12.2. The van der Waals surface area contributed by atoms with Gasteiger partial charge in [-0.3, -0.25) is 4.79 Å². The highest BCUT2D eigenvalue weighted by molar-refractivity contribution is 5.96. The Hall–Kier alpha value is -1.89. The molecule has 0 aromatic heterocycles. The Morgan fingerprint density at radius 1 is 1.50 bits per heavy atom. The second kappa shape index (κ2) is 4.75. The summed E-state index contributed by atoms with van der Waals surface area (Å²) in [5.41, 5.74) is -0.560. The van der Waals surface area contributed by atoms with Gasteiger partial charge in [0.2, 0.25) is 5.91 Å². The predicted octanol–water partition coefficient (Wildman–Crippen LogP) is 2.70. The van der Waals surface area contributed by atoms with Crippen LogP contribution < -0.4 is 5.32 Å². The van der Waals surface area contributed by atoms with Crippen molar-refractivity contribution in [2.24, 2.45) is 5.41 Å². The van der Waals surface area contributed by atoms with E-state index in [9.17, 15) is 9.18 Å². The molecule has 0 aliphatic rings. The van der Waals surface area contributed by atoms with Crippen molar-refractivity contribution in [3.63, 3.8) is 0 Å². The molecule has 0 spiro atoms. The molecule has 0 aliphatic carbocycles. The zero-order valence-electron chi connectivity index (χ0n) is 9.25. The molecule has 0 saturated carbocycles. The number of nitrogens with zero attached hydrogens (tertiary/aromatic N) is 1. The van der Waals surface area contributed by atoms with Gasteiger partial charge in [0.05, 0.1) is 6.07 Å². The molecule has 1 atom stereocenters. The molecule has 1 N–H and O–H groups in total.